The van der Waals surface area contributed by atoms with Crippen LogP contribution >= 0.6 is 0 Å². The second kappa shape index (κ2) is 8.49. The zero-order valence-corrected chi connectivity index (χ0v) is 19.4. The molecule has 6 rings (SSSR count). The highest BCUT2D eigenvalue weighted by Gasteiger charge is 2.73. The number of nitrogens with zero attached hydrogens (tertiary/aromatic N) is 2. The molecule has 0 bridgehead atoms. The molecule has 0 radical (unpaired) electrons. The number of benzene rings is 3. The molecule has 1 aliphatic heterocycles. The Hall–Kier alpha value is -4.18. The Kier molecular flexibility index (Phi) is 5.26. The lowest BCUT2D eigenvalue weighted by Gasteiger charge is -2.40. The Balaban J connectivity index is 1.46. The lowest BCUT2D eigenvalue weighted by atomic mass is 9.72. The minimum atomic E-state index is -1.80. The number of hydrogen-bond acceptors (Lipinski definition) is 6. The van der Waals surface area contributed by atoms with E-state index in [9.17, 15) is 15.5 Å². The number of rotatable bonds is 5. The van der Waals surface area contributed by atoms with E-state index < -0.39 is 17.3 Å². The number of nitriles is 1. The van der Waals surface area contributed by atoms with Gasteiger partial charge in [-0.15, -0.1) is 0 Å². The van der Waals surface area contributed by atoms with Gasteiger partial charge in [0, 0.05) is 12.0 Å². The molecule has 178 valence electrons. The van der Waals surface area contributed by atoms with Crippen LogP contribution in [0.15, 0.2) is 97.2 Å². The van der Waals surface area contributed by atoms with E-state index in [0.29, 0.717) is 29.2 Å². The van der Waals surface area contributed by atoms with Gasteiger partial charge in [0.1, 0.15) is 23.8 Å². The van der Waals surface area contributed by atoms with E-state index in [-0.39, 0.29) is 18.0 Å². The third kappa shape index (κ3) is 3.21. The maximum absolute atomic E-state index is 12.3. The molecule has 1 aromatic heterocycles. The molecule has 2 aliphatic rings. The first kappa shape index (κ1) is 22.3. The van der Waals surface area contributed by atoms with Crippen molar-refractivity contribution in [3.8, 4) is 17.6 Å². The largest absolute Gasteiger partial charge is 0.487 e. The summed E-state index contributed by atoms with van der Waals surface area (Å²) in [7, 11) is 0. The van der Waals surface area contributed by atoms with Crippen LogP contribution in [0, 0.1) is 11.3 Å². The highest BCUT2D eigenvalue weighted by Crippen LogP contribution is 2.66. The van der Waals surface area contributed by atoms with E-state index in [4.69, 9.17) is 9.47 Å². The number of fused-ring (bicyclic) bond motifs is 3. The minimum Gasteiger partial charge on any atom is -0.487 e. The molecule has 36 heavy (non-hydrogen) atoms. The Labute approximate surface area is 209 Å². The molecule has 1 fully saturated rings. The number of hydrogen-bond donors (Lipinski definition) is 2. The average Bonchev–Trinajstić information content (AvgIpc) is 3.33. The normalized spacial score (nSPS) is 25.9. The van der Waals surface area contributed by atoms with Gasteiger partial charge in [-0.1, -0.05) is 72.8 Å². The van der Waals surface area contributed by atoms with E-state index in [1.165, 1.54) is 0 Å². The van der Waals surface area contributed by atoms with Crippen molar-refractivity contribution in [2.45, 2.75) is 36.3 Å². The van der Waals surface area contributed by atoms with Crippen molar-refractivity contribution >= 4 is 0 Å². The van der Waals surface area contributed by atoms with Crippen LogP contribution in [0.4, 0.5) is 0 Å². The molecule has 1 aliphatic carbocycles. The molecule has 4 atom stereocenters. The molecule has 1 saturated carbocycles. The number of ether oxygens (including phenoxy) is 2. The third-order valence-electron chi connectivity index (χ3n) is 7.35. The van der Waals surface area contributed by atoms with Crippen molar-refractivity contribution < 1.29 is 19.7 Å². The highest BCUT2D eigenvalue weighted by atomic mass is 16.5. The molecular weight excluding hydrogens is 452 g/mol. The van der Waals surface area contributed by atoms with Crippen molar-refractivity contribution in [2.24, 2.45) is 0 Å². The molecule has 2 heterocycles. The van der Waals surface area contributed by atoms with E-state index in [2.05, 4.69) is 11.1 Å². The predicted octanol–water partition coefficient (Wildman–Crippen LogP) is 4.56. The van der Waals surface area contributed by atoms with Gasteiger partial charge < -0.3 is 19.7 Å². The lowest BCUT2D eigenvalue weighted by Crippen LogP contribution is -2.52. The Bertz CT molecular complexity index is 1440. The number of aliphatic hydroxyl groups excluding tert-OH is 1. The summed E-state index contributed by atoms with van der Waals surface area (Å²) in [4.78, 5) is 4.56. The van der Waals surface area contributed by atoms with Gasteiger partial charge in [-0.3, -0.25) is 4.98 Å². The quantitative estimate of drug-likeness (QED) is 0.439. The van der Waals surface area contributed by atoms with Crippen LogP contribution in [0.1, 0.15) is 40.3 Å². The van der Waals surface area contributed by atoms with Gasteiger partial charge in [0.05, 0.1) is 23.9 Å². The van der Waals surface area contributed by atoms with Gasteiger partial charge in [0.25, 0.3) is 0 Å². The summed E-state index contributed by atoms with van der Waals surface area (Å²) in [6.45, 7) is 0.363. The Morgan fingerprint density at radius 1 is 1.00 bits per heavy atom. The van der Waals surface area contributed by atoms with E-state index in [1.54, 1.807) is 36.5 Å². The minimum absolute atomic E-state index is 0.282. The average molecular weight is 477 g/mol. The molecule has 4 aromatic rings. The summed E-state index contributed by atoms with van der Waals surface area (Å²) in [5.74, 6) is 0.503. The Morgan fingerprint density at radius 3 is 2.39 bits per heavy atom. The van der Waals surface area contributed by atoms with Gasteiger partial charge in [0.15, 0.2) is 11.2 Å². The topological polar surface area (TPSA) is 95.6 Å². The summed E-state index contributed by atoms with van der Waals surface area (Å²) >= 11 is 0. The standard InChI is InChI=1S/C30H24N2O4/c31-17-20-11-13-23(14-12-20)30-25(22-9-5-2-6-10-22)16-27(33)29(30,34)28-26(36-30)15-24(18-32-28)35-19-21-7-3-1-4-8-21/h1-15,18,25,27,33-34H,16,19H2/t25-,27+,29+,30-/m0/s1. The summed E-state index contributed by atoms with van der Waals surface area (Å²) < 4.78 is 12.6. The molecule has 3 aromatic carbocycles. The first-order valence-electron chi connectivity index (χ1n) is 11.9. The summed E-state index contributed by atoms with van der Waals surface area (Å²) in [5, 5.41) is 32.9. The highest BCUT2D eigenvalue weighted by molar-refractivity contribution is 5.54. The van der Waals surface area contributed by atoms with Crippen molar-refractivity contribution in [3.05, 3.63) is 125 Å². The van der Waals surface area contributed by atoms with Crippen LogP contribution < -0.4 is 9.47 Å². The lowest BCUT2D eigenvalue weighted by molar-refractivity contribution is -0.151. The third-order valence-corrected chi connectivity index (χ3v) is 7.35. The molecule has 0 spiro atoms. The summed E-state index contributed by atoms with van der Waals surface area (Å²) in [6, 6.07) is 30.4. The molecule has 6 heteroatoms. The van der Waals surface area contributed by atoms with Crippen molar-refractivity contribution in [2.75, 3.05) is 0 Å². The van der Waals surface area contributed by atoms with Gasteiger partial charge in [-0.05, 0) is 35.2 Å². The van der Waals surface area contributed by atoms with Crippen LogP contribution in [0.25, 0.3) is 0 Å². The van der Waals surface area contributed by atoms with Crippen LogP contribution in [0.2, 0.25) is 0 Å². The zero-order valence-electron chi connectivity index (χ0n) is 19.4. The van der Waals surface area contributed by atoms with E-state index in [0.717, 1.165) is 11.1 Å². The first-order valence-corrected chi connectivity index (χ1v) is 11.9. The van der Waals surface area contributed by atoms with Crippen LogP contribution in [0.3, 0.4) is 0 Å². The first-order chi connectivity index (χ1) is 17.6. The van der Waals surface area contributed by atoms with Crippen LogP contribution in [-0.2, 0) is 17.8 Å². The van der Waals surface area contributed by atoms with Gasteiger partial charge in [-0.25, -0.2) is 0 Å². The molecule has 0 unspecified atom stereocenters. The van der Waals surface area contributed by atoms with E-state index in [1.807, 2.05) is 60.7 Å². The number of pyridine rings is 1. The molecule has 6 nitrogen and oxygen atoms in total. The maximum Gasteiger partial charge on any atom is 0.180 e. The van der Waals surface area contributed by atoms with Gasteiger partial charge in [-0.2, -0.15) is 5.26 Å². The predicted molar refractivity (Wildman–Crippen MR) is 132 cm³/mol. The molecular formula is C30H24N2O4. The van der Waals surface area contributed by atoms with E-state index >= 15 is 0 Å². The SMILES string of the molecule is N#Cc1ccc([C@@]23Oc4cc(OCc5ccccc5)cnc4[C@]2(O)[C@H](O)C[C@H]3c2ccccc2)cc1. The number of aromatic nitrogens is 1. The molecule has 0 amide bonds. The maximum atomic E-state index is 12.3. The van der Waals surface area contributed by atoms with Crippen molar-refractivity contribution in [1.29, 1.82) is 5.26 Å². The van der Waals surface area contributed by atoms with Crippen molar-refractivity contribution in [3.63, 3.8) is 0 Å². The molecule has 0 saturated heterocycles. The second-order valence-corrected chi connectivity index (χ2v) is 9.30. The fraction of sp³-hybridized carbons (Fsp3) is 0.200. The summed E-state index contributed by atoms with van der Waals surface area (Å²) in [5.41, 5.74) is 0.264. The summed E-state index contributed by atoms with van der Waals surface area (Å²) in [6.07, 6.45) is 0.720. The molecule has 2 N–H and O–H groups in total. The number of aliphatic hydroxyl groups is 2. The van der Waals surface area contributed by atoms with Crippen LogP contribution in [0.5, 0.6) is 11.5 Å². The fourth-order valence-electron chi connectivity index (χ4n) is 5.67. The zero-order chi connectivity index (χ0) is 24.8. The van der Waals surface area contributed by atoms with Gasteiger partial charge >= 0.3 is 0 Å². The monoisotopic (exact) mass is 476 g/mol. The van der Waals surface area contributed by atoms with Gasteiger partial charge in [0.2, 0.25) is 0 Å². The Morgan fingerprint density at radius 2 is 1.69 bits per heavy atom. The smallest absolute Gasteiger partial charge is 0.180 e. The fourth-order valence-corrected chi connectivity index (χ4v) is 5.67. The van der Waals surface area contributed by atoms with Crippen LogP contribution in [-0.4, -0.2) is 21.3 Å². The van der Waals surface area contributed by atoms with Crippen molar-refractivity contribution in [1.82, 2.24) is 4.98 Å². The second-order valence-electron chi connectivity index (χ2n) is 9.30.